The summed E-state index contributed by atoms with van der Waals surface area (Å²) in [5, 5.41) is 4.98. The molecule has 0 unspecified atom stereocenters. The number of hydrogen-bond donors (Lipinski definition) is 2. The smallest absolute Gasteiger partial charge is 0.259 e. The van der Waals surface area contributed by atoms with Gasteiger partial charge in [-0.2, -0.15) is 0 Å². The first kappa shape index (κ1) is 16.3. The SMILES string of the molecule is Cc1ccccc1CSCC(=O)Nc1ccc2c(c1)C(=O)NC2=O. The van der Waals surface area contributed by atoms with E-state index in [1.807, 2.05) is 25.1 Å². The Morgan fingerprint density at radius 1 is 1.08 bits per heavy atom. The van der Waals surface area contributed by atoms with Crippen LogP contribution < -0.4 is 10.6 Å². The van der Waals surface area contributed by atoms with Crippen LogP contribution in [0.15, 0.2) is 42.5 Å². The topological polar surface area (TPSA) is 75.3 Å². The molecule has 1 heterocycles. The van der Waals surface area contributed by atoms with Crippen molar-refractivity contribution >= 4 is 35.2 Å². The first-order chi connectivity index (χ1) is 11.5. The predicted octanol–water partition coefficient (Wildman–Crippen LogP) is 2.75. The van der Waals surface area contributed by atoms with Gasteiger partial charge in [-0.1, -0.05) is 24.3 Å². The van der Waals surface area contributed by atoms with Crippen LogP contribution in [0.4, 0.5) is 5.69 Å². The summed E-state index contributed by atoms with van der Waals surface area (Å²) >= 11 is 1.53. The fraction of sp³-hybridized carbons (Fsp3) is 0.167. The van der Waals surface area contributed by atoms with E-state index >= 15 is 0 Å². The van der Waals surface area contributed by atoms with Crippen LogP contribution in [0.25, 0.3) is 0 Å². The summed E-state index contributed by atoms with van der Waals surface area (Å²) in [6, 6.07) is 12.8. The number of aryl methyl sites for hydroxylation is 1. The quantitative estimate of drug-likeness (QED) is 0.821. The third kappa shape index (κ3) is 3.49. The fourth-order valence-electron chi connectivity index (χ4n) is 2.47. The molecule has 6 heteroatoms. The second-order valence-electron chi connectivity index (χ2n) is 5.51. The molecule has 0 bridgehead atoms. The molecule has 0 aromatic heterocycles. The maximum absolute atomic E-state index is 12.0. The Hall–Kier alpha value is -2.60. The summed E-state index contributed by atoms with van der Waals surface area (Å²) in [6.07, 6.45) is 0. The minimum absolute atomic E-state index is 0.140. The Balaban J connectivity index is 1.56. The van der Waals surface area contributed by atoms with Crippen LogP contribution in [0.3, 0.4) is 0 Å². The van der Waals surface area contributed by atoms with Gasteiger partial charge in [0.2, 0.25) is 5.91 Å². The van der Waals surface area contributed by atoms with E-state index in [1.54, 1.807) is 12.1 Å². The van der Waals surface area contributed by atoms with E-state index in [2.05, 4.69) is 16.7 Å². The van der Waals surface area contributed by atoms with Gasteiger partial charge in [0.05, 0.1) is 16.9 Å². The van der Waals surface area contributed by atoms with Crippen molar-refractivity contribution < 1.29 is 14.4 Å². The van der Waals surface area contributed by atoms with Crippen molar-refractivity contribution in [3.8, 4) is 0 Å². The van der Waals surface area contributed by atoms with Gasteiger partial charge in [0, 0.05) is 11.4 Å². The monoisotopic (exact) mass is 340 g/mol. The van der Waals surface area contributed by atoms with Crippen molar-refractivity contribution in [1.29, 1.82) is 0 Å². The highest BCUT2D eigenvalue weighted by Crippen LogP contribution is 2.21. The van der Waals surface area contributed by atoms with Crippen LogP contribution in [0.1, 0.15) is 31.8 Å². The van der Waals surface area contributed by atoms with Crippen LogP contribution in [-0.2, 0) is 10.5 Å². The molecule has 0 radical (unpaired) electrons. The second-order valence-corrected chi connectivity index (χ2v) is 6.50. The van der Waals surface area contributed by atoms with Gasteiger partial charge < -0.3 is 5.32 Å². The Morgan fingerprint density at radius 2 is 1.83 bits per heavy atom. The molecular formula is C18H16N2O3S. The highest BCUT2D eigenvalue weighted by molar-refractivity contribution is 7.99. The van der Waals surface area contributed by atoms with E-state index in [4.69, 9.17) is 0 Å². The Bertz CT molecular complexity index is 833. The largest absolute Gasteiger partial charge is 0.325 e. The van der Waals surface area contributed by atoms with Crippen molar-refractivity contribution in [2.45, 2.75) is 12.7 Å². The second kappa shape index (κ2) is 6.88. The van der Waals surface area contributed by atoms with Crippen LogP contribution in [0.2, 0.25) is 0 Å². The molecule has 1 aliphatic heterocycles. The van der Waals surface area contributed by atoms with Gasteiger partial charge in [0.25, 0.3) is 11.8 Å². The number of carbonyl (C=O) groups is 3. The van der Waals surface area contributed by atoms with Gasteiger partial charge in [-0.3, -0.25) is 19.7 Å². The first-order valence-corrected chi connectivity index (χ1v) is 8.62. The van der Waals surface area contributed by atoms with Crippen LogP contribution in [-0.4, -0.2) is 23.5 Å². The molecule has 1 aliphatic rings. The van der Waals surface area contributed by atoms with Gasteiger partial charge in [-0.25, -0.2) is 0 Å². The standard InChI is InChI=1S/C18H16N2O3S/c1-11-4-2-3-5-12(11)9-24-10-16(21)19-13-6-7-14-15(8-13)18(23)20-17(14)22/h2-8H,9-10H2,1H3,(H,19,21)(H,20,22,23). The lowest BCUT2D eigenvalue weighted by Crippen LogP contribution is -2.19. The van der Waals surface area contributed by atoms with Crippen LogP contribution in [0.5, 0.6) is 0 Å². The van der Waals surface area contributed by atoms with Gasteiger partial charge in [0.1, 0.15) is 0 Å². The highest BCUT2D eigenvalue weighted by Gasteiger charge is 2.26. The highest BCUT2D eigenvalue weighted by atomic mass is 32.2. The lowest BCUT2D eigenvalue weighted by Gasteiger charge is -2.07. The molecular weight excluding hydrogens is 324 g/mol. The Morgan fingerprint density at radius 3 is 2.62 bits per heavy atom. The third-order valence-electron chi connectivity index (χ3n) is 3.77. The Kier molecular flexibility index (Phi) is 4.66. The number of anilines is 1. The number of carbonyl (C=O) groups excluding carboxylic acids is 3. The van der Waals surface area contributed by atoms with E-state index in [0.29, 0.717) is 22.6 Å². The van der Waals surface area contributed by atoms with Crippen molar-refractivity contribution in [3.63, 3.8) is 0 Å². The van der Waals surface area contributed by atoms with Gasteiger partial charge >= 0.3 is 0 Å². The molecule has 24 heavy (non-hydrogen) atoms. The van der Waals surface area contributed by atoms with Crippen molar-refractivity contribution in [2.75, 3.05) is 11.1 Å². The minimum Gasteiger partial charge on any atom is -0.325 e. The zero-order valence-corrected chi connectivity index (χ0v) is 13.9. The molecule has 0 saturated carbocycles. The van der Waals surface area contributed by atoms with Gasteiger partial charge in [-0.05, 0) is 36.2 Å². The number of fused-ring (bicyclic) bond motifs is 1. The maximum Gasteiger partial charge on any atom is 0.259 e. The van der Waals surface area contributed by atoms with Crippen molar-refractivity contribution in [1.82, 2.24) is 5.32 Å². The number of nitrogens with one attached hydrogen (secondary N) is 2. The minimum atomic E-state index is -0.431. The summed E-state index contributed by atoms with van der Waals surface area (Å²) < 4.78 is 0. The molecule has 0 saturated heterocycles. The number of thioether (sulfide) groups is 1. The molecule has 5 nitrogen and oxygen atoms in total. The molecule has 0 spiro atoms. The van der Waals surface area contributed by atoms with E-state index < -0.39 is 11.8 Å². The van der Waals surface area contributed by atoms with Gasteiger partial charge in [0.15, 0.2) is 0 Å². The molecule has 2 N–H and O–H groups in total. The van der Waals surface area contributed by atoms with Crippen LogP contribution >= 0.6 is 11.8 Å². The van der Waals surface area contributed by atoms with Crippen molar-refractivity contribution in [3.05, 3.63) is 64.7 Å². The summed E-state index contributed by atoms with van der Waals surface area (Å²) in [5.41, 5.74) is 3.57. The first-order valence-electron chi connectivity index (χ1n) is 7.46. The van der Waals surface area contributed by atoms with E-state index in [0.717, 1.165) is 5.75 Å². The number of rotatable bonds is 5. The molecule has 0 fully saturated rings. The molecule has 3 amide bonds. The average Bonchev–Trinajstić information content (AvgIpc) is 2.83. The number of imide groups is 1. The van der Waals surface area contributed by atoms with E-state index in [9.17, 15) is 14.4 Å². The molecule has 2 aromatic carbocycles. The average molecular weight is 340 g/mol. The van der Waals surface area contributed by atoms with Crippen LogP contribution in [0, 0.1) is 6.92 Å². The molecule has 0 aliphatic carbocycles. The normalized spacial score (nSPS) is 12.7. The summed E-state index contributed by atoms with van der Waals surface area (Å²) in [6.45, 7) is 2.05. The molecule has 3 rings (SSSR count). The molecule has 122 valence electrons. The maximum atomic E-state index is 12.0. The van der Waals surface area contributed by atoms with Gasteiger partial charge in [-0.15, -0.1) is 11.8 Å². The zero-order chi connectivity index (χ0) is 17.1. The number of amides is 3. The molecule has 2 aromatic rings. The summed E-state index contributed by atoms with van der Waals surface area (Å²) in [4.78, 5) is 35.2. The van der Waals surface area contributed by atoms with E-state index in [-0.39, 0.29) is 5.91 Å². The third-order valence-corrected chi connectivity index (χ3v) is 4.75. The van der Waals surface area contributed by atoms with E-state index in [1.165, 1.54) is 29.0 Å². The lowest BCUT2D eigenvalue weighted by molar-refractivity contribution is -0.113. The fourth-order valence-corrected chi connectivity index (χ4v) is 3.37. The molecule has 0 atom stereocenters. The Labute approximate surface area is 143 Å². The van der Waals surface area contributed by atoms with Crippen molar-refractivity contribution in [2.24, 2.45) is 0 Å². The zero-order valence-electron chi connectivity index (χ0n) is 13.1. The summed E-state index contributed by atoms with van der Waals surface area (Å²) in [7, 11) is 0. The summed E-state index contributed by atoms with van der Waals surface area (Å²) in [5.74, 6) is 0.109. The predicted molar refractivity (Wildman–Crippen MR) is 94.2 cm³/mol. The lowest BCUT2D eigenvalue weighted by atomic mass is 10.1. The number of benzene rings is 2. The number of hydrogen-bond acceptors (Lipinski definition) is 4.